The summed E-state index contributed by atoms with van der Waals surface area (Å²) >= 11 is 0. The summed E-state index contributed by atoms with van der Waals surface area (Å²) in [4.78, 5) is 17.6. The molecule has 0 radical (unpaired) electrons. The van der Waals surface area contributed by atoms with Crippen molar-refractivity contribution in [1.82, 2.24) is 0 Å². The van der Waals surface area contributed by atoms with Crippen molar-refractivity contribution < 1.29 is 24.5 Å². The monoisotopic (exact) mass is 198 g/mol. The molecule has 0 fully saturated rings. The van der Waals surface area contributed by atoms with Crippen LogP contribution in [0.25, 0.3) is 0 Å². The van der Waals surface area contributed by atoms with Crippen LogP contribution in [0.4, 0.5) is 0 Å². The summed E-state index contributed by atoms with van der Waals surface area (Å²) in [5, 5.41) is 17.3. The number of hydrogen-bond donors (Lipinski definition) is 4. The fourth-order valence-corrected chi connectivity index (χ4v) is 1.00. The molecule has 0 saturated heterocycles. The van der Waals surface area contributed by atoms with Gasteiger partial charge in [-0.25, -0.2) is 0 Å². The standard InChI is InChI=1S/C6H15O5P/c1-12(9,10)11-5-6(8)3-2-4-7/h2-3,6-10,12H,4-5H2,1H3/b3-2-. The Morgan fingerprint density at radius 3 is 2.50 bits per heavy atom. The first-order chi connectivity index (χ1) is 5.45. The maximum absolute atomic E-state index is 9.02. The molecule has 12 heavy (non-hydrogen) atoms. The molecule has 1 atom stereocenters. The Bertz CT molecular complexity index is 141. The molecule has 0 heterocycles. The van der Waals surface area contributed by atoms with E-state index in [0.717, 1.165) is 0 Å². The van der Waals surface area contributed by atoms with Gasteiger partial charge in [0, 0.05) is 0 Å². The molecule has 74 valence electrons. The van der Waals surface area contributed by atoms with E-state index in [4.69, 9.17) is 20.0 Å². The summed E-state index contributed by atoms with van der Waals surface area (Å²) in [5.41, 5.74) is 0. The van der Waals surface area contributed by atoms with Crippen molar-refractivity contribution in [3.63, 3.8) is 0 Å². The Morgan fingerprint density at radius 1 is 1.50 bits per heavy atom. The summed E-state index contributed by atoms with van der Waals surface area (Å²) in [6.45, 7) is 0.839. The molecular weight excluding hydrogens is 183 g/mol. The molecule has 4 N–H and O–H groups in total. The van der Waals surface area contributed by atoms with Gasteiger partial charge in [-0.05, 0) is 0 Å². The molecule has 0 aromatic carbocycles. The molecule has 0 saturated carbocycles. The Labute approximate surface area is 71.5 Å². The van der Waals surface area contributed by atoms with E-state index >= 15 is 0 Å². The van der Waals surface area contributed by atoms with Gasteiger partial charge >= 0.3 is 70.6 Å². The van der Waals surface area contributed by atoms with Gasteiger partial charge in [0.05, 0.1) is 0 Å². The van der Waals surface area contributed by atoms with Crippen molar-refractivity contribution >= 4 is 7.94 Å². The van der Waals surface area contributed by atoms with E-state index in [1.54, 1.807) is 0 Å². The van der Waals surface area contributed by atoms with E-state index in [1.807, 2.05) is 0 Å². The molecule has 0 rings (SSSR count). The molecule has 0 amide bonds. The Morgan fingerprint density at radius 2 is 2.08 bits per heavy atom. The van der Waals surface area contributed by atoms with Gasteiger partial charge in [0.25, 0.3) is 0 Å². The zero-order valence-electron chi connectivity index (χ0n) is 6.84. The average Bonchev–Trinajstić information content (AvgIpc) is 1.95. The zero-order valence-corrected chi connectivity index (χ0v) is 7.84. The number of rotatable bonds is 5. The molecule has 0 aliphatic carbocycles. The van der Waals surface area contributed by atoms with Crippen LogP contribution in [-0.2, 0) is 4.52 Å². The van der Waals surface area contributed by atoms with E-state index in [9.17, 15) is 0 Å². The molecule has 1 unspecified atom stereocenters. The first-order valence-corrected chi connectivity index (χ1v) is 5.80. The predicted molar refractivity (Wildman–Crippen MR) is 46.9 cm³/mol. The zero-order chi connectivity index (χ0) is 9.61. The van der Waals surface area contributed by atoms with Crippen LogP contribution in [0.3, 0.4) is 0 Å². The number of aliphatic hydroxyl groups excluding tert-OH is 2. The topological polar surface area (TPSA) is 90.2 Å². The molecule has 0 aliphatic rings. The second-order valence-electron chi connectivity index (χ2n) is 2.42. The third-order valence-electron chi connectivity index (χ3n) is 0.991. The molecule has 0 aliphatic heterocycles. The van der Waals surface area contributed by atoms with E-state index < -0.39 is 14.0 Å². The fourth-order valence-electron chi connectivity index (χ4n) is 0.517. The van der Waals surface area contributed by atoms with Crippen LogP contribution in [-0.4, -0.2) is 46.0 Å². The van der Waals surface area contributed by atoms with Crippen LogP contribution in [0.2, 0.25) is 0 Å². The Balaban J connectivity index is 3.57. The predicted octanol–water partition coefficient (Wildman–Crippen LogP) is -0.978. The molecule has 6 heteroatoms. The molecule has 0 aromatic rings. The average molecular weight is 198 g/mol. The first kappa shape index (κ1) is 12.0. The van der Waals surface area contributed by atoms with Gasteiger partial charge in [-0.2, -0.15) is 0 Å². The van der Waals surface area contributed by atoms with Gasteiger partial charge in [0.15, 0.2) is 0 Å². The van der Waals surface area contributed by atoms with Crippen molar-refractivity contribution in [2.45, 2.75) is 6.10 Å². The van der Waals surface area contributed by atoms with Crippen LogP contribution < -0.4 is 0 Å². The van der Waals surface area contributed by atoms with E-state index in [2.05, 4.69) is 4.52 Å². The number of hydrogen-bond acceptors (Lipinski definition) is 5. The fraction of sp³-hybridized carbons (Fsp3) is 0.667. The van der Waals surface area contributed by atoms with Crippen LogP contribution in [0.1, 0.15) is 0 Å². The summed E-state index contributed by atoms with van der Waals surface area (Å²) in [5.74, 6) is 0. The van der Waals surface area contributed by atoms with E-state index in [1.165, 1.54) is 18.8 Å². The van der Waals surface area contributed by atoms with Gasteiger partial charge in [0.1, 0.15) is 0 Å². The molecule has 5 nitrogen and oxygen atoms in total. The van der Waals surface area contributed by atoms with Crippen molar-refractivity contribution in [3.05, 3.63) is 12.2 Å². The normalized spacial score (nSPS) is 16.8. The summed E-state index contributed by atoms with van der Waals surface area (Å²) in [6, 6.07) is 0. The van der Waals surface area contributed by atoms with Crippen LogP contribution in [0, 0.1) is 0 Å². The summed E-state index contributed by atoms with van der Waals surface area (Å²) < 4.78 is 4.56. The van der Waals surface area contributed by atoms with Gasteiger partial charge in [-0.15, -0.1) is 0 Å². The van der Waals surface area contributed by atoms with Crippen LogP contribution in [0.15, 0.2) is 12.2 Å². The third kappa shape index (κ3) is 8.07. The van der Waals surface area contributed by atoms with Gasteiger partial charge in [-0.3, -0.25) is 0 Å². The van der Waals surface area contributed by atoms with Crippen LogP contribution in [0.5, 0.6) is 0 Å². The molecule has 0 spiro atoms. The number of aliphatic hydroxyl groups is 2. The minimum atomic E-state index is -3.52. The molecule has 0 aromatic heterocycles. The van der Waals surface area contributed by atoms with Gasteiger partial charge in [0.2, 0.25) is 0 Å². The third-order valence-corrected chi connectivity index (χ3v) is 1.70. The Hall–Kier alpha value is -0.0300. The van der Waals surface area contributed by atoms with Gasteiger partial charge < -0.3 is 0 Å². The van der Waals surface area contributed by atoms with Crippen molar-refractivity contribution in [3.8, 4) is 0 Å². The van der Waals surface area contributed by atoms with Crippen molar-refractivity contribution in [1.29, 1.82) is 0 Å². The minimum absolute atomic E-state index is 0.163. The first-order valence-electron chi connectivity index (χ1n) is 3.50. The SMILES string of the molecule is C[PH](O)(O)OCC(O)/C=C\CO. The van der Waals surface area contributed by atoms with Crippen molar-refractivity contribution in [2.75, 3.05) is 19.9 Å². The Kier molecular flexibility index (Phi) is 5.57. The maximum atomic E-state index is 9.02. The second-order valence-corrected chi connectivity index (χ2v) is 4.58. The molecular formula is C6H15O5P. The quantitative estimate of drug-likeness (QED) is 0.337. The second kappa shape index (κ2) is 5.59. The van der Waals surface area contributed by atoms with Crippen LogP contribution >= 0.6 is 7.94 Å². The molecule has 0 bridgehead atoms. The van der Waals surface area contributed by atoms with E-state index in [-0.39, 0.29) is 13.2 Å². The summed E-state index contributed by atoms with van der Waals surface area (Å²) in [6.07, 6.45) is 1.75. The summed E-state index contributed by atoms with van der Waals surface area (Å²) in [7, 11) is -3.52. The van der Waals surface area contributed by atoms with Crippen molar-refractivity contribution in [2.24, 2.45) is 0 Å². The van der Waals surface area contributed by atoms with E-state index in [0.29, 0.717) is 0 Å². The van der Waals surface area contributed by atoms with Gasteiger partial charge in [-0.1, -0.05) is 0 Å².